The van der Waals surface area contributed by atoms with Gasteiger partial charge in [0.15, 0.2) is 6.23 Å². The fraction of sp³-hybridized carbons (Fsp3) is 0.455. The Labute approximate surface area is 122 Å². The highest BCUT2D eigenvalue weighted by Crippen LogP contribution is 2.27. The third kappa shape index (κ3) is 3.46. The van der Waals surface area contributed by atoms with Gasteiger partial charge in [0.05, 0.1) is 19.0 Å². The van der Waals surface area contributed by atoms with Gasteiger partial charge in [0.25, 0.3) is 5.56 Å². The SMILES string of the molecule is O=c1ccn([C@@H]2O[C@H](CO)[C@@H](O)[C@H]2O)c(=O)[nH]1.c1cn[nH]n1. The van der Waals surface area contributed by atoms with Crippen molar-refractivity contribution in [2.75, 3.05) is 6.61 Å². The summed E-state index contributed by atoms with van der Waals surface area (Å²) in [5.74, 6) is 0. The molecule has 11 nitrogen and oxygen atoms in total. The molecule has 3 rings (SSSR count). The van der Waals surface area contributed by atoms with E-state index in [4.69, 9.17) is 9.84 Å². The van der Waals surface area contributed by atoms with Crippen LogP contribution in [0.5, 0.6) is 0 Å². The van der Waals surface area contributed by atoms with E-state index in [0.29, 0.717) is 0 Å². The first-order chi connectivity index (χ1) is 10.5. The molecule has 11 heteroatoms. The monoisotopic (exact) mass is 313 g/mol. The Hall–Kier alpha value is -2.34. The van der Waals surface area contributed by atoms with E-state index in [1.165, 1.54) is 0 Å². The number of aliphatic hydroxyl groups excluding tert-OH is 3. The molecule has 2 aromatic heterocycles. The van der Waals surface area contributed by atoms with Gasteiger partial charge in [-0.15, -0.1) is 0 Å². The molecule has 22 heavy (non-hydrogen) atoms. The Kier molecular flexibility index (Phi) is 5.16. The summed E-state index contributed by atoms with van der Waals surface area (Å²) in [6, 6.07) is 1.09. The zero-order valence-corrected chi connectivity index (χ0v) is 11.2. The molecule has 5 N–H and O–H groups in total. The predicted octanol–water partition coefficient (Wildman–Crippen LogP) is -3.05. The lowest BCUT2D eigenvalue weighted by Crippen LogP contribution is -2.37. The molecule has 1 aliphatic rings. The molecule has 0 unspecified atom stereocenters. The van der Waals surface area contributed by atoms with Crippen molar-refractivity contribution in [2.24, 2.45) is 0 Å². The summed E-state index contributed by atoms with van der Waals surface area (Å²) in [4.78, 5) is 24.3. The third-order valence-electron chi connectivity index (χ3n) is 2.97. The zero-order chi connectivity index (χ0) is 16.1. The van der Waals surface area contributed by atoms with Crippen LogP contribution in [0.15, 0.2) is 34.2 Å². The smallest absolute Gasteiger partial charge is 0.330 e. The van der Waals surface area contributed by atoms with Gasteiger partial charge in [-0.05, 0) is 0 Å². The number of ether oxygens (including phenoxy) is 1. The van der Waals surface area contributed by atoms with Crippen LogP contribution in [0.25, 0.3) is 0 Å². The number of hydrogen-bond donors (Lipinski definition) is 5. The topological polar surface area (TPSA) is 166 Å². The van der Waals surface area contributed by atoms with E-state index < -0.39 is 42.4 Å². The van der Waals surface area contributed by atoms with E-state index in [2.05, 4.69) is 15.4 Å². The lowest BCUT2D eigenvalue weighted by molar-refractivity contribution is -0.0550. The number of hydrogen-bond acceptors (Lipinski definition) is 8. The molecule has 3 heterocycles. The molecule has 120 valence electrons. The number of rotatable bonds is 2. The number of aromatic nitrogens is 5. The van der Waals surface area contributed by atoms with Crippen LogP contribution in [0.1, 0.15) is 6.23 Å². The van der Waals surface area contributed by atoms with Gasteiger partial charge in [0.2, 0.25) is 0 Å². The van der Waals surface area contributed by atoms with Crippen LogP contribution in [0.2, 0.25) is 0 Å². The Morgan fingerprint density at radius 3 is 2.36 bits per heavy atom. The second kappa shape index (κ2) is 7.09. The van der Waals surface area contributed by atoms with Crippen molar-refractivity contribution in [3.05, 3.63) is 45.5 Å². The molecule has 0 saturated carbocycles. The highest BCUT2D eigenvalue weighted by molar-refractivity contribution is 4.92. The number of nitrogens with zero attached hydrogens (tertiary/aromatic N) is 3. The molecule has 1 saturated heterocycles. The van der Waals surface area contributed by atoms with Crippen molar-refractivity contribution in [1.82, 2.24) is 25.0 Å². The average molecular weight is 313 g/mol. The Morgan fingerprint density at radius 1 is 1.23 bits per heavy atom. The Morgan fingerprint density at radius 2 is 1.91 bits per heavy atom. The standard InChI is InChI=1S/C9H12N2O6.C2H3N3/c12-3-4-6(14)7(15)8(17-4)11-2-1-5(13)10-9(11)16;1-2-4-5-3-1/h1-2,4,6-8,12,14-15H,3H2,(H,10,13,16);1-2H,(H,3,4,5)/t4-,6-,7-,8-;/m1./s1. The highest BCUT2D eigenvalue weighted by Gasteiger charge is 2.43. The normalized spacial score (nSPS) is 27.2. The van der Waals surface area contributed by atoms with Crippen LogP contribution < -0.4 is 11.2 Å². The Balaban J connectivity index is 0.000000299. The minimum atomic E-state index is -1.35. The van der Waals surface area contributed by atoms with Gasteiger partial charge in [0, 0.05) is 12.3 Å². The maximum atomic E-state index is 11.4. The fourth-order valence-electron chi connectivity index (χ4n) is 1.90. The highest BCUT2D eigenvalue weighted by atomic mass is 16.6. The van der Waals surface area contributed by atoms with E-state index in [0.717, 1.165) is 16.8 Å². The number of H-pyrrole nitrogens is 2. The predicted molar refractivity (Wildman–Crippen MR) is 70.7 cm³/mol. The molecule has 0 amide bonds. The molecule has 0 spiro atoms. The van der Waals surface area contributed by atoms with Gasteiger partial charge >= 0.3 is 5.69 Å². The van der Waals surface area contributed by atoms with Crippen LogP contribution in [0, 0.1) is 0 Å². The molecule has 0 bridgehead atoms. The first kappa shape index (κ1) is 16.0. The van der Waals surface area contributed by atoms with Crippen molar-refractivity contribution in [2.45, 2.75) is 24.5 Å². The summed E-state index contributed by atoms with van der Waals surface area (Å²) in [6.07, 6.45) is -0.415. The van der Waals surface area contributed by atoms with Crippen molar-refractivity contribution in [1.29, 1.82) is 0 Å². The van der Waals surface area contributed by atoms with Crippen molar-refractivity contribution < 1.29 is 20.1 Å². The van der Waals surface area contributed by atoms with Gasteiger partial charge in [-0.3, -0.25) is 14.3 Å². The lowest BCUT2D eigenvalue weighted by Gasteiger charge is -2.16. The first-order valence-electron chi connectivity index (χ1n) is 6.28. The van der Waals surface area contributed by atoms with Gasteiger partial charge in [-0.1, -0.05) is 0 Å². The molecule has 0 radical (unpaired) electrons. The largest absolute Gasteiger partial charge is 0.394 e. The molecular weight excluding hydrogens is 298 g/mol. The zero-order valence-electron chi connectivity index (χ0n) is 11.2. The molecule has 1 fully saturated rings. The summed E-state index contributed by atoms with van der Waals surface area (Å²) >= 11 is 0. The molecule has 0 aromatic carbocycles. The minimum absolute atomic E-state index is 0.479. The fourth-order valence-corrected chi connectivity index (χ4v) is 1.90. The number of aromatic amines is 2. The summed E-state index contributed by atoms with van der Waals surface area (Å²) in [5.41, 5.74) is -1.33. The van der Waals surface area contributed by atoms with Crippen molar-refractivity contribution in [3.8, 4) is 0 Å². The van der Waals surface area contributed by atoms with Crippen LogP contribution in [-0.4, -0.2) is 65.2 Å². The van der Waals surface area contributed by atoms with E-state index in [1.54, 1.807) is 12.4 Å². The first-order valence-corrected chi connectivity index (χ1v) is 6.28. The van der Waals surface area contributed by atoms with Crippen LogP contribution in [0.4, 0.5) is 0 Å². The molecule has 1 aliphatic heterocycles. The maximum absolute atomic E-state index is 11.4. The van der Waals surface area contributed by atoms with Crippen LogP contribution in [0.3, 0.4) is 0 Å². The summed E-state index contributed by atoms with van der Waals surface area (Å²) < 4.78 is 6.08. The van der Waals surface area contributed by atoms with Crippen LogP contribution in [-0.2, 0) is 4.74 Å². The van der Waals surface area contributed by atoms with Gasteiger partial charge in [0.1, 0.15) is 18.3 Å². The minimum Gasteiger partial charge on any atom is -0.394 e. The lowest BCUT2D eigenvalue weighted by atomic mass is 10.1. The van der Waals surface area contributed by atoms with E-state index in [-0.39, 0.29) is 0 Å². The second-order valence-electron chi connectivity index (χ2n) is 4.40. The molecular formula is C11H15N5O6. The quantitative estimate of drug-likeness (QED) is 0.390. The van der Waals surface area contributed by atoms with Gasteiger partial charge in [-0.2, -0.15) is 15.4 Å². The third-order valence-corrected chi connectivity index (χ3v) is 2.97. The Bertz CT molecular complexity index is 666. The molecule has 0 aliphatic carbocycles. The average Bonchev–Trinajstić information content (AvgIpc) is 3.14. The summed E-state index contributed by atoms with van der Waals surface area (Å²) in [7, 11) is 0. The van der Waals surface area contributed by atoms with Crippen LogP contribution >= 0.6 is 0 Å². The second-order valence-corrected chi connectivity index (χ2v) is 4.40. The molecule has 2 aromatic rings. The van der Waals surface area contributed by atoms with Crippen molar-refractivity contribution in [3.63, 3.8) is 0 Å². The number of nitrogens with one attached hydrogen (secondary N) is 2. The maximum Gasteiger partial charge on any atom is 0.330 e. The van der Waals surface area contributed by atoms with Gasteiger partial charge in [-0.25, -0.2) is 4.79 Å². The van der Waals surface area contributed by atoms with E-state index >= 15 is 0 Å². The van der Waals surface area contributed by atoms with Gasteiger partial charge < -0.3 is 20.1 Å². The van der Waals surface area contributed by atoms with E-state index in [9.17, 15) is 19.8 Å². The summed E-state index contributed by atoms with van der Waals surface area (Å²) in [6.45, 7) is -0.479. The van der Waals surface area contributed by atoms with Crippen molar-refractivity contribution >= 4 is 0 Å². The summed E-state index contributed by atoms with van der Waals surface area (Å²) in [5, 5.41) is 37.4. The molecule has 4 atom stereocenters. The number of aliphatic hydroxyl groups is 3. The van der Waals surface area contributed by atoms with E-state index in [1.807, 2.05) is 4.98 Å².